The van der Waals surface area contributed by atoms with Gasteiger partial charge in [-0.1, -0.05) is 0 Å². The van der Waals surface area contributed by atoms with Crippen LogP contribution in [0.25, 0.3) is 6.08 Å². The summed E-state index contributed by atoms with van der Waals surface area (Å²) in [5, 5.41) is 23.8. The molecule has 2 aromatic rings. The average molecular weight is 325 g/mol. The van der Waals surface area contributed by atoms with Crippen molar-refractivity contribution in [1.82, 2.24) is 0 Å². The first-order valence-electron chi connectivity index (χ1n) is 6.48. The zero-order valence-electron chi connectivity index (χ0n) is 11.8. The molecule has 7 heteroatoms. The number of carbonyl (C=O) groups excluding carboxylic acids is 1. The molecule has 0 unspecified atom stereocenters. The molecule has 0 aliphatic heterocycles. The third-order valence-electron chi connectivity index (χ3n) is 2.82. The van der Waals surface area contributed by atoms with E-state index in [1.54, 1.807) is 42.5 Å². The van der Waals surface area contributed by atoms with E-state index in [1.165, 1.54) is 18.2 Å². The molecule has 114 valence electrons. The summed E-state index contributed by atoms with van der Waals surface area (Å²) in [4.78, 5) is 22.7. The molecule has 6 nitrogen and oxygen atoms in total. The lowest BCUT2D eigenvalue weighted by molar-refractivity contribution is -0.384. The minimum Gasteiger partial charge on any atom is -0.323 e. The summed E-state index contributed by atoms with van der Waals surface area (Å²) in [5.74, 6) is -0.316. The highest BCUT2D eigenvalue weighted by atomic mass is 32.2. The van der Waals surface area contributed by atoms with E-state index in [2.05, 4.69) is 5.32 Å². The molecule has 0 bridgehead atoms. The van der Waals surface area contributed by atoms with E-state index in [-0.39, 0.29) is 11.6 Å². The number of nitro benzene ring substituents is 1. The molecule has 0 fully saturated rings. The fourth-order valence-electron chi connectivity index (χ4n) is 1.72. The number of nitrogens with one attached hydrogen (secondary N) is 1. The number of hydrogen-bond donors (Lipinski definition) is 1. The lowest BCUT2D eigenvalue weighted by Gasteiger charge is -2.02. The molecule has 1 N–H and O–H groups in total. The molecule has 0 aliphatic rings. The highest BCUT2D eigenvalue weighted by molar-refractivity contribution is 8.03. The van der Waals surface area contributed by atoms with Crippen molar-refractivity contribution in [1.29, 1.82) is 5.26 Å². The van der Waals surface area contributed by atoms with Gasteiger partial charge in [0.15, 0.2) is 0 Å². The Kier molecular flexibility index (Phi) is 5.50. The summed E-state index contributed by atoms with van der Waals surface area (Å²) in [7, 11) is 0. The molecule has 0 radical (unpaired) electrons. The largest absolute Gasteiger partial charge is 0.323 e. The van der Waals surface area contributed by atoms with Gasteiger partial charge in [-0.2, -0.15) is 5.26 Å². The van der Waals surface area contributed by atoms with Crippen LogP contribution in [0.2, 0.25) is 0 Å². The van der Waals surface area contributed by atoms with E-state index >= 15 is 0 Å². The number of anilines is 1. The maximum atomic E-state index is 11.8. The van der Waals surface area contributed by atoms with Gasteiger partial charge in [-0.15, -0.1) is 0 Å². The van der Waals surface area contributed by atoms with Gasteiger partial charge in [0.05, 0.1) is 4.92 Å². The lowest BCUT2D eigenvalue weighted by atomic mass is 10.2. The number of non-ortho nitro benzene ring substituents is 1. The average Bonchev–Trinajstić information content (AvgIpc) is 2.55. The van der Waals surface area contributed by atoms with Crippen LogP contribution in [-0.2, 0) is 4.79 Å². The number of thioether (sulfide) groups is 1. The number of hydrogen-bond acceptors (Lipinski definition) is 5. The Balaban J connectivity index is 1.95. The molecule has 2 aromatic carbocycles. The molecule has 0 aliphatic carbocycles. The second-order valence-electron chi connectivity index (χ2n) is 4.39. The van der Waals surface area contributed by atoms with Crippen LogP contribution in [-0.4, -0.2) is 10.8 Å². The third-order valence-corrected chi connectivity index (χ3v) is 3.42. The standard InChI is InChI=1S/C16H11N3O3S/c17-11-23-15-8-4-13(5-9-15)18-16(20)10-3-12-1-6-14(7-2-12)19(21)22/h1-10H,(H,18,20)/b10-3+. The van der Waals surface area contributed by atoms with Crippen LogP contribution in [0, 0.1) is 20.8 Å². The van der Waals surface area contributed by atoms with Crippen molar-refractivity contribution in [3.63, 3.8) is 0 Å². The molecule has 0 heterocycles. The molecule has 1 amide bonds. The number of thiocyanates is 1. The fourth-order valence-corrected chi connectivity index (χ4v) is 2.10. The van der Waals surface area contributed by atoms with Crippen LogP contribution in [0.3, 0.4) is 0 Å². The highest BCUT2D eigenvalue weighted by Gasteiger charge is 2.03. The van der Waals surface area contributed by atoms with Gasteiger partial charge in [0, 0.05) is 28.8 Å². The first-order chi connectivity index (χ1) is 11.1. The van der Waals surface area contributed by atoms with Crippen LogP contribution in [0.15, 0.2) is 59.5 Å². The van der Waals surface area contributed by atoms with Crippen molar-refractivity contribution < 1.29 is 9.72 Å². The number of amides is 1. The second-order valence-corrected chi connectivity index (χ2v) is 5.25. The molecule has 23 heavy (non-hydrogen) atoms. The summed E-state index contributed by atoms with van der Waals surface area (Å²) in [5.41, 5.74) is 1.30. The maximum Gasteiger partial charge on any atom is 0.269 e. The van der Waals surface area contributed by atoms with Crippen molar-refractivity contribution in [3.05, 3.63) is 70.3 Å². The zero-order valence-corrected chi connectivity index (χ0v) is 12.6. The van der Waals surface area contributed by atoms with Crippen LogP contribution >= 0.6 is 11.8 Å². The van der Waals surface area contributed by atoms with Gasteiger partial charge in [0.2, 0.25) is 5.91 Å². The lowest BCUT2D eigenvalue weighted by Crippen LogP contribution is -2.07. The minimum absolute atomic E-state index is 0.00179. The molecule has 0 atom stereocenters. The Labute approximate surface area is 136 Å². The van der Waals surface area contributed by atoms with Gasteiger partial charge < -0.3 is 5.32 Å². The summed E-state index contributed by atoms with van der Waals surface area (Å²) >= 11 is 1.04. The first kappa shape index (κ1) is 16.3. The van der Waals surface area contributed by atoms with Crippen molar-refractivity contribution >= 4 is 35.1 Å². The number of carbonyl (C=O) groups is 1. The fraction of sp³-hybridized carbons (Fsp3) is 0. The SMILES string of the molecule is N#CSc1ccc(NC(=O)/C=C/c2ccc([N+](=O)[O-])cc2)cc1. The number of nitro groups is 1. The van der Waals surface area contributed by atoms with Crippen LogP contribution < -0.4 is 5.32 Å². The third kappa shape index (κ3) is 4.98. The van der Waals surface area contributed by atoms with Crippen LogP contribution in [0.1, 0.15) is 5.56 Å². The molecule has 0 saturated carbocycles. The molecular weight excluding hydrogens is 314 g/mol. The Morgan fingerprint density at radius 2 is 1.83 bits per heavy atom. The molecule has 2 rings (SSSR count). The first-order valence-corrected chi connectivity index (χ1v) is 7.29. The van der Waals surface area contributed by atoms with Gasteiger partial charge in [0.25, 0.3) is 5.69 Å². The van der Waals surface area contributed by atoms with Gasteiger partial charge in [-0.3, -0.25) is 14.9 Å². The summed E-state index contributed by atoms with van der Waals surface area (Å²) in [6, 6.07) is 12.8. The van der Waals surface area contributed by atoms with E-state index in [4.69, 9.17) is 5.26 Å². The van der Waals surface area contributed by atoms with Crippen LogP contribution in [0.4, 0.5) is 11.4 Å². The Morgan fingerprint density at radius 1 is 1.17 bits per heavy atom. The monoisotopic (exact) mass is 325 g/mol. The number of nitrogens with zero attached hydrogens (tertiary/aromatic N) is 2. The zero-order chi connectivity index (χ0) is 16.7. The quantitative estimate of drug-likeness (QED) is 0.296. The Morgan fingerprint density at radius 3 is 2.39 bits per heavy atom. The maximum absolute atomic E-state index is 11.8. The summed E-state index contributed by atoms with van der Waals surface area (Å²) in [6.07, 6.45) is 2.91. The normalized spacial score (nSPS) is 10.2. The Hall–Kier alpha value is -3.11. The number of nitriles is 1. The van der Waals surface area contributed by atoms with Crippen molar-refractivity contribution in [2.75, 3.05) is 5.32 Å². The minimum atomic E-state index is -0.478. The van der Waals surface area contributed by atoms with Gasteiger partial charge in [-0.25, -0.2) is 0 Å². The van der Waals surface area contributed by atoms with E-state index in [1.807, 2.05) is 5.40 Å². The van der Waals surface area contributed by atoms with E-state index in [0.717, 1.165) is 16.7 Å². The van der Waals surface area contributed by atoms with E-state index in [0.29, 0.717) is 11.3 Å². The van der Waals surface area contributed by atoms with Gasteiger partial charge in [0.1, 0.15) is 5.40 Å². The van der Waals surface area contributed by atoms with Crippen molar-refractivity contribution in [2.24, 2.45) is 0 Å². The topological polar surface area (TPSA) is 96.0 Å². The highest BCUT2D eigenvalue weighted by Crippen LogP contribution is 2.19. The predicted octanol–water partition coefficient (Wildman–Crippen LogP) is 3.82. The van der Waals surface area contributed by atoms with E-state index < -0.39 is 4.92 Å². The summed E-state index contributed by atoms with van der Waals surface area (Å²) < 4.78 is 0. The molecule has 0 spiro atoms. The van der Waals surface area contributed by atoms with E-state index in [9.17, 15) is 14.9 Å². The predicted molar refractivity (Wildman–Crippen MR) is 88.7 cm³/mol. The van der Waals surface area contributed by atoms with Gasteiger partial charge in [-0.05, 0) is 59.8 Å². The smallest absolute Gasteiger partial charge is 0.269 e. The van der Waals surface area contributed by atoms with Crippen LogP contribution in [0.5, 0.6) is 0 Å². The van der Waals surface area contributed by atoms with Gasteiger partial charge >= 0.3 is 0 Å². The second kappa shape index (κ2) is 7.77. The Bertz CT molecular complexity index is 778. The molecule has 0 saturated heterocycles. The molecule has 0 aromatic heterocycles. The van der Waals surface area contributed by atoms with Crippen molar-refractivity contribution in [2.45, 2.75) is 4.90 Å². The number of rotatable bonds is 5. The summed E-state index contributed by atoms with van der Waals surface area (Å²) in [6.45, 7) is 0. The molecular formula is C16H11N3O3S. The number of benzene rings is 2. The van der Waals surface area contributed by atoms with Crippen molar-refractivity contribution in [3.8, 4) is 5.40 Å².